The van der Waals surface area contributed by atoms with Gasteiger partial charge in [0.05, 0.1) is 11.1 Å². The SMILES string of the molecule is c1ccc(-c2ccc(-c3ccc(N(c4ccc(-c5cccc6oc7ccccc7c56)cc4)c4ccccc4-c4cccc5c4-c4ccccc4C5(c4ccccc4)c4ccccc4)cc3)c3ccccc23)cc1. The van der Waals surface area contributed by atoms with Crippen LogP contribution in [-0.2, 0) is 5.41 Å². The molecule has 1 heterocycles. The average molecular weight is 930 g/mol. The van der Waals surface area contributed by atoms with Gasteiger partial charge >= 0.3 is 0 Å². The summed E-state index contributed by atoms with van der Waals surface area (Å²) in [5, 5.41) is 4.73. The molecule has 0 spiro atoms. The van der Waals surface area contributed by atoms with Crippen molar-refractivity contribution in [1.29, 1.82) is 0 Å². The topological polar surface area (TPSA) is 16.4 Å². The van der Waals surface area contributed by atoms with Crippen molar-refractivity contribution in [3.8, 4) is 55.6 Å². The first-order valence-electron chi connectivity index (χ1n) is 25.2. The van der Waals surface area contributed by atoms with Crippen LogP contribution in [-0.4, -0.2) is 0 Å². The molecule has 1 aliphatic rings. The molecule has 73 heavy (non-hydrogen) atoms. The number of fused-ring (bicyclic) bond motifs is 7. The fraction of sp³-hybridized carbons (Fsp3) is 0.0141. The van der Waals surface area contributed by atoms with Gasteiger partial charge in [0, 0.05) is 27.7 Å². The normalized spacial score (nSPS) is 12.5. The number of nitrogens with zero attached hydrogens (tertiary/aromatic N) is 1. The molecule has 0 radical (unpaired) electrons. The maximum atomic E-state index is 6.35. The van der Waals surface area contributed by atoms with Gasteiger partial charge in [-0.15, -0.1) is 0 Å². The van der Waals surface area contributed by atoms with Gasteiger partial charge in [0.1, 0.15) is 11.2 Å². The number of furan rings is 1. The summed E-state index contributed by atoms with van der Waals surface area (Å²) < 4.78 is 6.35. The second-order valence-electron chi connectivity index (χ2n) is 19.1. The molecule has 0 saturated carbocycles. The van der Waals surface area contributed by atoms with Gasteiger partial charge in [0.15, 0.2) is 0 Å². The van der Waals surface area contributed by atoms with E-state index < -0.39 is 5.41 Å². The van der Waals surface area contributed by atoms with Crippen LogP contribution in [0.1, 0.15) is 22.3 Å². The van der Waals surface area contributed by atoms with Crippen LogP contribution in [0.3, 0.4) is 0 Å². The minimum Gasteiger partial charge on any atom is -0.456 e. The second-order valence-corrected chi connectivity index (χ2v) is 19.1. The van der Waals surface area contributed by atoms with E-state index >= 15 is 0 Å². The first-order chi connectivity index (χ1) is 36.2. The van der Waals surface area contributed by atoms with Crippen LogP contribution in [0.5, 0.6) is 0 Å². The van der Waals surface area contributed by atoms with Crippen molar-refractivity contribution in [3.63, 3.8) is 0 Å². The first-order valence-corrected chi connectivity index (χ1v) is 25.2. The maximum absolute atomic E-state index is 6.35. The van der Waals surface area contributed by atoms with Crippen LogP contribution >= 0.6 is 0 Å². The molecular weight excluding hydrogens is 883 g/mol. The number of para-hydroxylation sites is 2. The van der Waals surface area contributed by atoms with Gasteiger partial charge in [-0.2, -0.15) is 0 Å². The molecule has 0 fully saturated rings. The van der Waals surface area contributed by atoms with E-state index in [1.165, 1.54) is 72.0 Å². The van der Waals surface area contributed by atoms with Crippen LogP contribution in [0.25, 0.3) is 88.3 Å². The molecule has 0 amide bonds. The fourth-order valence-electron chi connectivity index (χ4n) is 12.1. The van der Waals surface area contributed by atoms with E-state index in [0.717, 1.165) is 55.7 Å². The number of benzene rings is 12. The minimum atomic E-state index is -0.516. The molecule has 0 aliphatic heterocycles. The van der Waals surface area contributed by atoms with Gasteiger partial charge < -0.3 is 9.32 Å². The third-order valence-electron chi connectivity index (χ3n) is 15.2. The lowest BCUT2D eigenvalue weighted by Crippen LogP contribution is -2.28. The molecule has 0 saturated heterocycles. The van der Waals surface area contributed by atoms with E-state index in [0.29, 0.717) is 0 Å². The van der Waals surface area contributed by atoms with Crippen molar-refractivity contribution < 1.29 is 4.42 Å². The number of rotatable bonds is 9. The Kier molecular flexibility index (Phi) is 10.1. The molecule has 0 unspecified atom stereocenters. The Balaban J connectivity index is 0.955. The molecular formula is C71H47NO. The number of hydrogen-bond donors (Lipinski definition) is 0. The zero-order valence-electron chi connectivity index (χ0n) is 40.0. The van der Waals surface area contributed by atoms with Crippen LogP contribution in [0.2, 0.25) is 0 Å². The lowest BCUT2D eigenvalue weighted by molar-refractivity contribution is 0.669. The molecule has 342 valence electrons. The summed E-state index contributed by atoms with van der Waals surface area (Å²) in [4.78, 5) is 2.44. The first kappa shape index (κ1) is 42.4. The van der Waals surface area contributed by atoms with Gasteiger partial charge in [-0.3, -0.25) is 0 Å². The lowest BCUT2D eigenvalue weighted by Gasteiger charge is -2.34. The zero-order valence-corrected chi connectivity index (χ0v) is 40.0. The summed E-state index contributed by atoms with van der Waals surface area (Å²) >= 11 is 0. The molecule has 0 atom stereocenters. The lowest BCUT2D eigenvalue weighted by atomic mass is 9.67. The Labute approximate surface area is 425 Å². The van der Waals surface area contributed by atoms with Crippen molar-refractivity contribution in [3.05, 3.63) is 307 Å². The van der Waals surface area contributed by atoms with Gasteiger partial charge in [0.25, 0.3) is 0 Å². The Bertz CT molecular complexity index is 4130. The van der Waals surface area contributed by atoms with Crippen LogP contribution in [0.15, 0.2) is 290 Å². The van der Waals surface area contributed by atoms with Crippen molar-refractivity contribution in [2.75, 3.05) is 4.90 Å². The Morgan fingerprint density at radius 3 is 1.38 bits per heavy atom. The van der Waals surface area contributed by atoms with Crippen LogP contribution < -0.4 is 4.90 Å². The van der Waals surface area contributed by atoms with Gasteiger partial charge in [-0.1, -0.05) is 243 Å². The standard InChI is InChI=1S/C71H47NO/c1-4-20-48(21-5-1)55-46-47-56(59-27-11-10-26-58(55)59)49-38-42-53(43-39-49)72(54-44-40-50(41-45-54)57-31-19-37-68-70(57)63-30-14-17-36-67(63)73-68)66-35-16-13-28-60(66)61-32-18-34-65-69(61)62-29-12-15-33-64(62)71(65,51-22-6-2-7-23-51)52-24-8-3-9-25-52/h1-47H. The van der Waals surface area contributed by atoms with E-state index in [1.54, 1.807) is 0 Å². The summed E-state index contributed by atoms with van der Waals surface area (Å²) in [7, 11) is 0. The Hall–Kier alpha value is -9.50. The molecule has 1 aromatic heterocycles. The molecule has 0 N–H and O–H groups in total. The molecule has 1 aliphatic carbocycles. The molecule has 14 rings (SSSR count). The molecule has 2 nitrogen and oxygen atoms in total. The largest absolute Gasteiger partial charge is 0.456 e. The summed E-state index contributed by atoms with van der Waals surface area (Å²) in [6, 6.07) is 104. The third-order valence-corrected chi connectivity index (χ3v) is 15.2. The summed E-state index contributed by atoms with van der Waals surface area (Å²) in [5.41, 5.74) is 21.5. The van der Waals surface area contributed by atoms with E-state index in [-0.39, 0.29) is 0 Å². The highest BCUT2D eigenvalue weighted by Gasteiger charge is 2.47. The Morgan fingerprint density at radius 2 is 0.726 bits per heavy atom. The van der Waals surface area contributed by atoms with Crippen LogP contribution in [0.4, 0.5) is 17.1 Å². The predicted octanol–water partition coefficient (Wildman–Crippen LogP) is 19.2. The highest BCUT2D eigenvalue weighted by atomic mass is 16.3. The van der Waals surface area contributed by atoms with Crippen molar-refractivity contribution in [1.82, 2.24) is 0 Å². The van der Waals surface area contributed by atoms with Crippen molar-refractivity contribution >= 4 is 49.8 Å². The van der Waals surface area contributed by atoms with E-state index in [4.69, 9.17) is 4.42 Å². The summed E-state index contributed by atoms with van der Waals surface area (Å²) in [5.74, 6) is 0. The smallest absolute Gasteiger partial charge is 0.136 e. The number of hydrogen-bond acceptors (Lipinski definition) is 2. The van der Waals surface area contributed by atoms with E-state index in [9.17, 15) is 0 Å². The highest BCUT2D eigenvalue weighted by Crippen LogP contribution is 2.59. The quantitative estimate of drug-likeness (QED) is 0.143. The average Bonchev–Trinajstić information content (AvgIpc) is 4.01. The van der Waals surface area contributed by atoms with Gasteiger partial charge in [-0.05, 0) is 126 Å². The summed E-state index contributed by atoms with van der Waals surface area (Å²) in [6.07, 6.45) is 0. The van der Waals surface area contributed by atoms with E-state index in [2.05, 4.69) is 284 Å². The fourth-order valence-corrected chi connectivity index (χ4v) is 12.1. The highest BCUT2D eigenvalue weighted by molar-refractivity contribution is 6.12. The molecule has 0 bridgehead atoms. The van der Waals surface area contributed by atoms with E-state index in [1.807, 2.05) is 6.07 Å². The Morgan fingerprint density at radius 1 is 0.274 bits per heavy atom. The van der Waals surface area contributed by atoms with Gasteiger partial charge in [0.2, 0.25) is 0 Å². The second kappa shape index (κ2) is 17.4. The predicted molar refractivity (Wildman–Crippen MR) is 305 cm³/mol. The molecule has 12 aromatic carbocycles. The minimum absolute atomic E-state index is 0.516. The van der Waals surface area contributed by atoms with Gasteiger partial charge in [-0.25, -0.2) is 0 Å². The molecule has 2 heteroatoms. The van der Waals surface area contributed by atoms with Crippen LogP contribution in [0, 0.1) is 0 Å². The van der Waals surface area contributed by atoms with Crippen molar-refractivity contribution in [2.45, 2.75) is 5.41 Å². The third kappa shape index (κ3) is 6.79. The van der Waals surface area contributed by atoms with Crippen molar-refractivity contribution in [2.24, 2.45) is 0 Å². The maximum Gasteiger partial charge on any atom is 0.136 e. The molecule has 13 aromatic rings. The zero-order chi connectivity index (χ0) is 48.3. The number of anilines is 3. The summed E-state index contributed by atoms with van der Waals surface area (Å²) in [6.45, 7) is 0. The monoisotopic (exact) mass is 929 g/mol.